The second-order valence-corrected chi connectivity index (χ2v) is 3.95. The van der Waals surface area contributed by atoms with Gasteiger partial charge in [0.15, 0.2) is 5.75 Å². The van der Waals surface area contributed by atoms with E-state index in [1.165, 1.54) is 0 Å². The molecule has 0 bridgehead atoms. The number of nitrogens with zero attached hydrogens (tertiary/aromatic N) is 2. The summed E-state index contributed by atoms with van der Waals surface area (Å²) in [6, 6.07) is 7.68. The van der Waals surface area contributed by atoms with Crippen LogP contribution in [0, 0.1) is 6.92 Å². The Labute approximate surface area is 105 Å². The smallest absolute Gasteiger partial charge is 0.305 e. The molecular formula is C13H14N2O3. The van der Waals surface area contributed by atoms with Crippen molar-refractivity contribution >= 4 is 5.97 Å². The van der Waals surface area contributed by atoms with Crippen LogP contribution in [-0.2, 0) is 11.3 Å². The number of aryl methyl sites for hydroxylation is 2. The first-order chi connectivity index (χ1) is 8.65. The molecule has 0 amide bonds. The van der Waals surface area contributed by atoms with Crippen LogP contribution in [0.5, 0.6) is 11.5 Å². The fourth-order valence-corrected chi connectivity index (χ4v) is 1.53. The topological polar surface area (TPSA) is 64.4 Å². The predicted molar refractivity (Wildman–Crippen MR) is 65.7 cm³/mol. The summed E-state index contributed by atoms with van der Waals surface area (Å²) in [4.78, 5) is 10.4. The monoisotopic (exact) mass is 246 g/mol. The van der Waals surface area contributed by atoms with E-state index in [9.17, 15) is 4.79 Å². The van der Waals surface area contributed by atoms with Gasteiger partial charge in [-0.3, -0.25) is 9.48 Å². The minimum atomic E-state index is -0.841. The number of benzene rings is 1. The molecule has 0 atom stereocenters. The highest BCUT2D eigenvalue weighted by Gasteiger charge is 2.04. The quantitative estimate of drug-likeness (QED) is 0.880. The predicted octanol–water partition coefficient (Wildman–Crippen LogP) is 2.46. The Balaban J connectivity index is 2.02. The fraction of sp³-hybridized carbons (Fsp3) is 0.231. The van der Waals surface area contributed by atoms with Crippen molar-refractivity contribution in [2.75, 3.05) is 0 Å². The molecule has 0 unspecified atom stereocenters. The van der Waals surface area contributed by atoms with Gasteiger partial charge in [0.25, 0.3) is 0 Å². The van der Waals surface area contributed by atoms with Crippen LogP contribution in [0.3, 0.4) is 0 Å². The van der Waals surface area contributed by atoms with Gasteiger partial charge in [0, 0.05) is 0 Å². The summed E-state index contributed by atoms with van der Waals surface area (Å²) in [6.45, 7) is 2.30. The van der Waals surface area contributed by atoms with Crippen LogP contribution in [0.25, 0.3) is 0 Å². The average Bonchev–Trinajstić information content (AvgIpc) is 2.77. The molecule has 1 aromatic carbocycles. The molecule has 18 heavy (non-hydrogen) atoms. The van der Waals surface area contributed by atoms with E-state index in [2.05, 4.69) is 5.10 Å². The van der Waals surface area contributed by atoms with Gasteiger partial charge in [-0.05, 0) is 18.6 Å². The lowest BCUT2D eigenvalue weighted by Gasteiger charge is -2.05. The highest BCUT2D eigenvalue weighted by atomic mass is 16.5. The number of ether oxygens (including phenoxy) is 1. The van der Waals surface area contributed by atoms with E-state index >= 15 is 0 Å². The Morgan fingerprint density at radius 1 is 1.44 bits per heavy atom. The normalized spacial score (nSPS) is 10.3. The van der Waals surface area contributed by atoms with E-state index in [1.807, 2.05) is 31.2 Å². The largest absolute Gasteiger partial charge is 0.481 e. The highest BCUT2D eigenvalue weighted by molar-refractivity contribution is 5.66. The molecule has 1 heterocycles. The van der Waals surface area contributed by atoms with Gasteiger partial charge < -0.3 is 9.84 Å². The molecule has 0 spiro atoms. The third kappa shape index (κ3) is 3.10. The molecule has 1 aromatic heterocycles. The van der Waals surface area contributed by atoms with E-state index in [0.29, 0.717) is 12.3 Å². The summed E-state index contributed by atoms with van der Waals surface area (Å²) in [5.41, 5.74) is 1.04. The number of rotatable bonds is 5. The molecule has 1 N–H and O–H groups in total. The maximum absolute atomic E-state index is 10.4. The van der Waals surface area contributed by atoms with Gasteiger partial charge in [0.05, 0.1) is 25.4 Å². The zero-order valence-corrected chi connectivity index (χ0v) is 10.0. The zero-order chi connectivity index (χ0) is 13.0. The Bertz CT molecular complexity index is 549. The van der Waals surface area contributed by atoms with Crippen LogP contribution in [-0.4, -0.2) is 20.9 Å². The van der Waals surface area contributed by atoms with Crippen LogP contribution in [0.1, 0.15) is 12.0 Å². The first kappa shape index (κ1) is 12.2. The van der Waals surface area contributed by atoms with Crippen LogP contribution in [0.4, 0.5) is 0 Å². The molecular weight excluding hydrogens is 232 g/mol. The maximum atomic E-state index is 10.4. The lowest BCUT2D eigenvalue weighted by atomic mass is 10.2. The number of hydrogen-bond donors (Lipinski definition) is 1. The van der Waals surface area contributed by atoms with Crippen molar-refractivity contribution in [3.63, 3.8) is 0 Å². The van der Waals surface area contributed by atoms with E-state index in [4.69, 9.17) is 9.84 Å². The lowest BCUT2D eigenvalue weighted by Crippen LogP contribution is -2.04. The van der Waals surface area contributed by atoms with Crippen LogP contribution < -0.4 is 4.74 Å². The van der Waals surface area contributed by atoms with E-state index in [1.54, 1.807) is 17.1 Å². The van der Waals surface area contributed by atoms with Crippen molar-refractivity contribution in [2.45, 2.75) is 19.9 Å². The number of carboxylic acids is 1. The second-order valence-electron chi connectivity index (χ2n) is 3.95. The van der Waals surface area contributed by atoms with Gasteiger partial charge in [-0.2, -0.15) is 5.10 Å². The SMILES string of the molecule is Cc1ccccc1Oc1cnn(CCC(=O)O)c1. The molecule has 0 aliphatic rings. The van der Waals surface area contributed by atoms with Crippen molar-refractivity contribution < 1.29 is 14.6 Å². The number of aromatic nitrogens is 2. The molecule has 94 valence electrons. The first-order valence-corrected chi connectivity index (χ1v) is 5.63. The molecule has 0 radical (unpaired) electrons. The minimum Gasteiger partial charge on any atom is -0.481 e. The van der Waals surface area contributed by atoms with Crippen LogP contribution in [0.15, 0.2) is 36.7 Å². The molecule has 0 aliphatic carbocycles. The summed E-state index contributed by atoms with van der Waals surface area (Å²) >= 11 is 0. The van der Waals surface area contributed by atoms with Gasteiger partial charge in [-0.1, -0.05) is 18.2 Å². The van der Waals surface area contributed by atoms with Gasteiger partial charge in [-0.25, -0.2) is 0 Å². The molecule has 2 aromatic rings. The number of hydrogen-bond acceptors (Lipinski definition) is 3. The van der Waals surface area contributed by atoms with Crippen molar-refractivity contribution in [3.8, 4) is 11.5 Å². The third-order valence-corrected chi connectivity index (χ3v) is 2.49. The van der Waals surface area contributed by atoms with Gasteiger partial charge in [-0.15, -0.1) is 0 Å². The van der Waals surface area contributed by atoms with Gasteiger partial charge in [0.2, 0.25) is 0 Å². The Kier molecular flexibility index (Phi) is 3.62. The Morgan fingerprint density at radius 2 is 2.22 bits per heavy atom. The van der Waals surface area contributed by atoms with Gasteiger partial charge in [0.1, 0.15) is 5.75 Å². The standard InChI is InChI=1S/C13H14N2O3/c1-10-4-2-3-5-12(10)18-11-8-14-15(9-11)7-6-13(16)17/h2-5,8-9H,6-7H2,1H3,(H,16,17). The second kappa shape index (κ2) is 5.35. The number of para-hydroxylation sites is 1. The van der Waals surface area contributed by atoms with Crippen molar-refractivity contribution in [2.24, 2.45) is 0 Å². The van der Waals surface area contributed by atoms with Gasteiger partial charge >= 0.3 is 5.97 Å². The Morgan fingerprint density at radius 3 is 2.94 bits per heavy atom. The van der Waals surface area contributed by atoms with Crippen molar-refractivity contribution in [1.29, 1.82) is 0 Å². The molecule has 0 saturated carbocycles. The summed E-state index contributed by atoms with van der Waals surface area (Å²) in [7, 11) is 0. The van der Waals surface area contributed by atoms with Crippen LogP contribution in [0.2, 0.25) is 0 Å². The van der Waals surface area contributed by atoms with E-state index in [0.717, 1.165) is 11.3 Å². The summed E-state index contributed by atoms with van der Waals surface area (Å²) in [5, 5.41) is 12.6. The molecule has 5 nitrogen and oxygen atoms in total. The molecule has 0 fully saturated rings. The van der Waals surface area contributed by atoms with E-state index < -0.39 is 5.97 Å². The van der Waals surface area contributed by atoms with Crippen molar-refractivity contribution in [3.05, 3.63) is 42.2 Å². The Hall–Kier alpha value is -2.30. The summed E-state index contributed by atoms with van der Waals surface area (Å²) < 4.78 is 7.22. The number of carboxylic acid groups (broad SMARTS) is 1. The highest BCUT2D eigenvalue weighted by Crippen LogP contribution is 2.23. The summed E-state index contributed by atoms with van der Waals surface area (Å²) in [5.74, 6) is 0.539. The van der Waals surface area contributed by atoms with Crippen molar-refractivity contribution in [1.82, 2.24) is 9.78 Å². The maximum Gasteiger partial charge on any atom is 0.305 e. The lowest BCUT2D eigenvalue weighted by molar-refractivity contribution is -0.137. The third-order valence-electron chi connectivity index (χ3n) is 2.49. The first-order valence-electron chi connectivity index (χ1n) is 5.63. The average molecular weight is 246 g/mol. The van der Waals surface area contributed by atoms with E-state index in [-0.39, 0.29) is 6.42 Å². The molecule has 5 heteroatoms. The molecule has 0 saturated heterocycles. The molecule has 0 aliphatic heterocycles. The fourth-order valence-electron chi connectivity index (χ4n) is 1.53. The number of carbonyl (C=O) groups is 1. The minimum absolute atomic E-state index is 0.0471. The summed E-state index contributed by atoms with van der Waals surface area (Å²) in [6.07, 6.45) is 3.31. The number of aliphatic carboxylic acids is 1. The van der Waals surface area contributed by atoms with Crippen LogP contribution >= 0.6 is 0 Å². The molecule has 2 rings (SSSR count). The zero-order valence-electron chi connectivity index (χ0n) is 10.0.